The van der Waals surface area contributed by atoms with Crippen molar-refractivity contribution in [2.75, 3.05) is 19.0 Å². The third-order valence-electron chi connectivity index (χ3n) is 3.17. The molecule has 2 aromatic rings. The average Bonchev–Trinajstić information content (AvgIpc) is 2.99. The standard InChI is InChI=1S/C15H19N3O3/c1-21-12-4-5-13(15(19)20)14(10-12)17-6-2-3-8-18-9-7-16-11-18/h4-5,7,9-11,17H,2-3,6,8H2,1H3,(H,19,20). The first-order chi connectivity index (χ1) is 10.2. The Morgan fingerprint density at radius 2 is 2.29 bits per heavy atom. The molecule has 2 N–H and O–H groups in total. The van der Waals surface area contributed by atoms with E-state index in [1.54, 1.807) is 37.8 Å². The third-order valence-corrected chi connectivity index (χ3v) is 3.17. The van der Waals surface area contributed by atoms with Gasteiger partial charge in [-0.3, -0.25) is 0 Å². The van der Waals surface area contributed by atoms with Crippen molar-refractivity contribution in [3.63, 3.8) is 0 Å². The van der Waals surface area contributed by atoms with Crippen LogP contribution in [0.5, 0.6) is 5.75 Å². The number of methoxy groups -OCH3 is 1. The molecule has 0 amide bonds. The average molecular weight is 289 g/mol. The van der Waals surface area contributed by atoms with Gasteiger partial charge in [0.25, 0.3) is 0 Å². The number of carboxylic acids is 1. The van der Waals surface area contributed by atoms with Gasteiger partial charge in [-0.05, 0) is 25.0 Å². The normalized spacial score (nSPS) is 10.3. The van der Waals surface area contributed by atoms with E-state index in [0.29, 0.717) is 18.0 Å². The van der Waals surface area contributed by atoms with Crippen molar-refractivity contribution in [1.29, 1.82) is 0 Å². The molecule has 6 nitrogen and oxygen atoms in total. The monoisotopic (exact) mass is 289 g/mol. The third kappa shape index (κ3) is 4.24. The molecule has 0 fully saturated rings. The minimum absolute atomic E-state index is 0.255. The first-order valence-corrected chi connectivity index (χ1v) is 6.81. The lowest BCUT2D eigenvalue weighted by Gasteiger charge is -2.11. The molecule has 2 rings (SSSR count). The van der Waals surface area contributed by atoms with Crippen LogP contribution in [0.4, 0.5) is 5.69 Å². The molecule has 1 heterocycles. The summed E-state index contributed by atoms with van der Waals surface area (Å²) in [6.07, 6.45) is 7.41. The molecule has 0 saturated heterocycles. The predicted octanol–water partition coefficient (Wildman–Crippen LogP) is 2.48. The molecule has 0 aliphatic carbocycles. The number of aromatic carboxylic acids is 1. The molecule has 0 spiro atoms. The second-order valence-corrected chi connectivity index (χ2v) is 4.65. The SMILES string of the molecule is COc1ccc(C(=O)O)c(NCCCCn2ccnc2)c1. The van der Waals surface area contributed by atoms with Gasteiger partial charge in [0.05, 0.1) is 24.7 Å². The smallest absolute Gasteiger partial charge is 0.337 e. The maximum Gasteiger partial charge on any atom is 0.337 e. The van der Waals surface area contributed by atoms with E-state index in [4.69, 9.17) is 9.84 Å². The summed E-state index contributed by atoms with van der Waals surface area (Å²) in [6.45, 7) is 1.62. The van der Waals surface area contributed by atoms with Crippen LogP contribution in [0.15, 0.2) is 36.9 Å². The van der Waals surface area contributed by atoms with Gasteiger partial charge in [-0.1, -0.05) is 0 Å². The summed E-state index contributed by atoms with van der Waals surface area (Å²) >= 11 is 0. The number of imidazole rings is 1. The number of anilines is 1. The molecule has 0 unspecified atom stereocenters. The second-order valence-electron chi connectivity index (χ2n) is 4.65. The number of carboxylic acid groups (broad SMARTS) is 1. The maximum atomic E-state index is 11.2. The van der Waals surface area contributed by atoms with E-state index in [9.17, 15) is 4.79 Å². The van der Waals surface area contributed by atoms with Crippen LogP contribution >= 0.6 is 0 Å². The fourth-order valence-corrected chi connectivity index (χ4v) is 2.04. The van der Waals surface area contributed by atoms with E-state index in [1.807, 2.05) is 10.8 Å². The van der Waals surface area contributed by atoms with E-state index in [2.05, 4.69) is 10.3 Å². The number of carbonyl (C=O) groups is 1. The van der Waals surface area contributed by atoms with E-state index >= 15 is 0 Å². The topological polar surface area (TPSA) is 76.4 Å². The lowest BCUT2D eigenvalue weighted by molar-refractivity contribution is 0.0698. The first kappa shape index (κ1) is 14.9. The number of hydrogen-bond donors (Lipinski definition) is 2. The van der Waals surface area contributed by atoms with Crippen molar-refractivity contribution in [3.05, 3.63) is 42.5 Å². The fraction of sp³-hybridized carbons (Fsp3) is 0.333. The van der Waals surface area contributed by atoms with Crippen LogP contribution in [-0.2, 0) is 6.54 Å². The number of nitrogens with zero attached hydrogens (tertiary/aromatic N) is 2. The Balaban J connectivity index is 1.85. The Hall–Kier alpha value is -2.50. The minimum Gasteiger partial charge on any atom is -0.497 e. The number of aryl methyl sites for hydroxylation is 1. The first-order valence-electron chi connectivity index (χ1n) is 6.81. The zero-order valence-corrected chi connectivity index (χ0v) is 12.0. The van der Waals surface area contributed by atoms with Gasteiger partial charge in [0.2, 0.25) is 0 Å². The highest BCUT2D eigenvalue weighted by Gasteiger charge is 2.10. The second kappa shape index (κ2) is 7.33. The quantitative estimate of drug-likeness (QED) is 0.730. The summed E-state index contributed by atoms with van der Waals surface area (Å²) in [5.74, 6) is -0.306. The van der Waals surface area contributed by atoms with Crippen LogP contribution in [0, 0.1) is 0 Å². The van der Waals surface area contributed by atoms with E-state index in [1.165, 1.54) is 0 Å². The lowest BCUT2D eigenvalue weighted by Crippen LogP contribution is -2.08. The molecule has 0 bridgehead atoms. The molecule has 21 heavy (non-hydrogen) atoms. The lowest BCUT2D eigenvalue weighted by atomic mass is 10.1. The Kier molecular flexibility index (Phi) is 5.20. The van der Waals surface area contributed by atoms with Crippen LogP contribution in [-0.4, -0.2) is 34.3 Å². The minimum atomic E-state index is -0.946. The van der Waals surface area contributed by atoms with Crippen molar-refractivity contribution in [1.82, 2.24) is 9.55 Å². The summed E-state index contributed by atoms with van der Waals surface area (Å²) in [5, 5.41) is 12.3. The molecule has 0 aliphatic heterocycles. The molecule has 112 valence electrons. The molecule has 0 saturated carbocycles. The van der Waals surface area contributed by atoms with E-state index < -0.39 is 5.97 Å². The number of ether oxygens (including phenoxy) is 1. The molecular weight excluding hydrogens is 270 g/mol. The predicted molar refractivity (Wildman–Crippen MR) is 79.9 cm³/mol. The molecule has 1 aromatic heterocycles. The summed E-state index contributed by atoms with van der Waals surface area (Å²) in [7, 11) is 1.56. The van der Waals surface area contributed by atoms with E-state index in [-0.39, 0.29) is 5.56 Å². The number of unbranched alkanes of at least 4 members (excludes halogenated alkanes) is 1. The highest BCUT2D eigenvalue weighted by Crippen LogP contribution is 2.22. The van der Waals surface area contributed by atoms with Crippen LogP contribution in [0.25, 0.3) is 0 Å². The van der Waals surface area contributed by atoms with Crippen molar-refractivity contribution in [2.24, 2.45) is 0 Å². The number of hydrogen-bond acceptors (Lipinski definition) is 4. The Labute approximate surface area is 123 Å². The van der Waals surface area contributed by atoms with Crippen LogP contribution < -0.4 is 10.1 Å². The molecule has 1 aromatic carbocycles. The van der Waals surface area contributed by atoms with E-state index in [0.717, 1.165) is 19.4 Å². The van der Waals surface area contributed by atoms with Gasteiger partial charge >= 0.3 is 5.97 Å². The largest absolute Gasteiger partial charge is 0.497 e. The highest BCUT2D eigenvalue weighted by atomic mass is 16.5. The van der Waals surface area contributed by atoms with Crippen LogP contribution in [0.1, 0.15) is 23.2 Å². The van der Waals surface area contributed by atoms with Crippen molar-refractivity contribution < 1.29 is 14.6 Å². The van der Waals surface area contributed by atoms with Gasteiger partial charge in [-0.2, -0.15) is 0 Å². The summed E-state index contributed by atoms with van der Waals surface area (Å²) in [4.78, 5) is 15.2. The van der Waals surface area contributed by atoms with Gasteiger partial charge in [0.1, 0.15) is 5.75 Å². The number of benzene rings is 1. The fourth-order valence-electron chi connectivity index (χ4n) is 2.04. The van der Waals surface area contributed by atoms with Gasteiger partial charge < -0.3 is 19.7 Å². The Morgan fingerprint density at radius 1 is 1.43 bits per heavy atom. The summed E-state index contributed by atoms with van der Waals surface area (Å²) < 4.78 is 7.14. The summed E-state index contributed by atoms with van der Waals surface area (Å²) in [6, 6.07) is 4.90. The number of nitrogens with one attached hydrogen (secondary N) is 1. The Morgan fingerprint density at radius 3 is 2.95 bits per heavy atom. The van der Waals surface area contributed by atoms with Gasteiger partial charge in [0, 0.05) is 31.5 Å². The summed E-state index contributed by atoms with van der Waals surface area (Å²) in [5.41, 5.74) is 0.842. The van der Waals surface area contributed by atoms with Gasteiger partial charge in [-0.15, -0.1) is 0 Å². The molecule has 0 aliphatic rings. The van der Waals surface area contributed by atoms with Gasteiger partial charge in [0.15, 0.2) is 0 Å². The number of aromatic nitrogens is 2. The Bertz CT molecular complexity index is 582. The van der Waals surface area contributed by atoms with Crippen molar-refractivity contribution >= 4 is 11.7 Å². The maximum absolute atomic E-state index is 11.2. The molecular formula is C15H19N3O3. The van der Waals surface area contributed by atoms with Crippen LogP contribution in [0.3, 0.4) is 0 Å². The molecule has 6 heteroatoms. The zero-order valence-electron chi connectivity index (χ0n) is 12.0. The highest BCUT2D eigenvalue weighted by molar-refractivity contribution is 5.94. The van der Waals surface area contributed by atoms with Gasteiger partial charge in [-0.25, -0.2) is 9.78 Å². The molecule has 0 radical (unpaired) electrons. The van der Waals surface area contributed by atoms with Crippen molar-refractivity contribution in [3.8, 4) is 5.75 Å². The number of rotatable bonds is 8. The molecule has 0 atom stereocenters. The van der Waals surface area contributed by atoms with Crippen LogP contribution in [0.2, 0.25) is 0 Å². The van der Waals surface area contributed by atoms with Crippen molar-refractivity contribution in [2.45, 2.75) is 19.4 Å². The zero-order chi connectivity index (χ0) is 15.1.